The van der Waals surface area contributed by atoms with Crippen LogP contribution in [-0.4, -0.2) is 31.3 Å². The Morgan fingerprint density at radius 1 is 0.974 bits per heavy atom. The molecule has 2 amide bonds. The van der Waals surface area contributed by atoms with Crippen molar-refractivity contribution in [2.75, 3.05) is 24.9 Å². The van der Waals surface area contributed by atoms with Crippen molar-refractivity contribution in [3.05, 3.63) is 88.8 Å². The van der Waals surface area contributed by atoms with Crippen LogP contribution in [-0.2, 0) is 4.79 Å². The van der Waals surface area contributed by atoms with Gasteiger partial charge in [-0.1, -0.05) is 42.0 Å². The van der Waals surface area contributed by atoms with E-state index in [0.29, 0.717) is 33.3 Å². The number of anilines is 2. The van der Waals surface area contributed by atoms with Gasteiger partial charge in [0.2, 0.25) is 5.91 Å². The molecule has 1 unspecified atom stereocenters. The van der Waals surface area contributed by atoms with Crippen LogP contribution in [0.25, 0.3) is 11.1 Å². The Bertz CT molecular complexity index is 1520. The van der Waals surface area contributed by atoms with Gasteiger partial charge in [0.1, 0.15) is 28.1 Å². The molecule has 4 aromatic rings. The maximum Gasteiger partial charge on any atom is 0.263 e. The number of aryl methyl sites for hydroxylation is 1. The zero-order valence-electron chi connectivity index (χ0n) is 21.9. The topological polar surface area (TPSA) is 100 Å². The third kappa shape index (κ3) is 6.42. The molecule has 0 aliphatic rings. The highest BCUT2D eigenvalue weighted by Gasteiger charge is 2.21. The SMILES string of the molecule is COc1cccc(OC)c1C(=O)Nc1cccc(SC(C)C(=O)Nc2scc(-c3ccc(C)cc3)c2C#N)c1. The summed E-state index contributed by atoms with van der Waals surface area (Å²) in [4.78, 5) is 26.9. The van der Waals surface area contributed by atoms with Crippen LogP contribution in [0, 0.1) is 18.3 Å². The number of hydrogen-bond acceptors (Lipinski definition) is 7. The Morgan fingerprint density at radius 2 is 1.64 bits per heavy atom. The molecule has 3 aromatic carbocycles. The van der Waals surface area contributed by atoms with E-state index in [0.717, 1.165) is 21.6 Å². The van der Waals surface area contributed by atoms with Gasteiger partial charge in [0.25, 0.3) is 5.91 Å². The first kappa shape index (κ1) is 27.8. The molecule has 0 aliphatic carbocycles. The minimum absolute atomic E-state index is 0.220. The van der Waals surface area contributed by atoms with Crippen LogP contribution in [0.3, 0.4) is 0 Å². The van der Waals surface area contributed by atoms with Crippen molar-refractivity contribution >= 4 is 45.6 Å². The smallest absolute Gasteiger partial charge is 0.263 e. The molecule has 0 fully saturated rings. The van der Waals surface area contributed by atoms with Gasteiger partial charge < -0.3 is 20.1 Å². The van der Waals surface area contributed by atoms with Crippen LogP contribution < -0.4 is 20.1 Å². The molecule has 7 nitrogen and oxygen atoms in total. The predicted molar refractivity (Wildman–Crippen MR) is 157 cm³/mol. The standard InChI is InChI=1S/C30H27N3O4S2/c1-18-11-13-20(14-12-18)24-17-38-30(23(24)16-31)33-28(34)19(2)39-22-8-5-7-21(15-22)32-29(35)27-25(36-3)9-6-10-26(27)37-4/h5-15,17,19H,1-4H3,(H,32,35)(H,33,34). The first-order chi connectivity index (χ1) is 18.8. The summed E-state index contributed by atoms with van der Waals surface area (Å²) < 4.78 is 10.7. The lowest BCUT2D eigenvalue weighted by molar-refractivity contribution is -0.115. The maximum absolute atomic E-state index is 13.0. The average Bonchev–Trinajstić information content (AvgIpc) is 3.35. The molecule has 2 N–H and O–H groups in total. The normalized spacial score (nSPS) is 11.3. The number of rotatable bonds is 9. The number of amides is 2. The lowest BCUT2D eigenvalue weighted by Gasteiger charge is -2.14. The van der Waals surface area contributed by atoms with Crippen molar-refractivity contribution in [2.24, 2.45) is 0 Å². The van der Waals surface area contributed by atoms with Crippen molar-refractivity contribution < 1.29 is 19.1 Å². The highest BCUT2D eigenvalue weighted by molar-refractivity contribution is 8.00. The van der Waals surface area contributed by atoms with Gasteiger partial charge in [-0.2, -0.15) is 5.26 Å². The molecule has 198 valence electrons. The molecular formula is C30H27N3O4S2. The Kier molecular flexibility index (Phi) is 8.92. The fourth-order valence-corrected chi connectivity index (χ4v) is 5.74. The van der Waals surface area contributed by atoms with Crippen LogP contribution in [0.15, 0.2) is 77.0 Å². The number of benzene rings is 3. The Balaban J connectivity index is 1.45. The van der Waals surface area contributed by atoms with Crippen molar-refractivity contribution in [2.45, 2.75) is 24.0 Å². The first-order valence-electron chi connectivity index (χ1n) is 12.0. The molecule has 4 rings (SSSR count). The number of methoxy groups -OCH3 is 2. The zero-order chi connectivity index (χ0) is 27.9. The van der Waals surface area contributed by atoms with E-state index in [1.54, 1.807) is 37.3 Å². The number of carbonyl (C=O) groups is 2. The summed E-state index contributed by atoms with van der Waals surface area (Å²) in [5.74, 6) is 0.211. The summed E-state index contributed by atoms with van der Waals surface area (Å²) in [5.41, 5.74) is 4.18. The van der Waals surface area contributed by atoms with E-state index in [1.807, 2.05) is 48.7 Å². The fraction of sp³-hybridized carbons (Fsp3) is 0.167. The van der Waals surface area contributed by atoms with Crippen molar-refractivity contribution in [3.63, 3.8) is 0 Å². The summed E-state index contributed by atoms with van der Waals surface area (Å²) in [6, 6.07) is 22.6. The number of ether oxygens (including phenoxy) is 2. The second kappa shape index (κ2) is 12.5. The molecule has 9 heteroatoms. The molecule has 0 saturated heterocycles. The summed E-state index contributed by atoms with van der Waals surface area (Å²) in [6.45, 7) is 3.81. The van der Waals surface area contributed by atoms with Crippen molar-refractivity contribution in [1.82, 2.24) is 0 Å². The molecule has 1 atom stereocenters. The third-order valence-corrected chi connectivity index (χ3v) is 7.92. The number of hydrogen-bond donors (Lipinski definition) is 2. The van der Waals surface area contributed by atoms with E-state index >= 15 is 0 Å². The van der Waals surface area contributed by atoms with E-state index in [2.05, 4.69) is 16.7 Å². The molecule has 0 spiro atoms. The van der Waals surface area contributed by atoms with Gasteiger partial charge >= 0.3 is 0 Å². The predicted octanol–water partition coefficient (Wildman–Crippen LogP) is 6.98. The zero-order valence-corrected chi connectivity index (χ0v) is 23.5. The Hall–Kier alpha value is -4.26. The van der Waals surface area contributed by atoms with Crippen LogP contribution in [0.5, 0.6) is 11.5 Å². The van der Waals surface area contributed by atoms with Crippen LogP contribution in [0.2, 0.25) is 0 Å². The molecule has 0 saturated carbocycles. The number of thioether (sulfide) groups is 1. The lowest BCUT2D eigenvalue weighted by atomic mass is 10.0. The van der Waals surface area contributed by atoms with Crippen LogP contribution >= 0.6 is 23.1 Å². The van der Waals surface area contributed by atoms with Crippen LogP contribution in [0.1, 0.15) is 28.4 Å². The largest absolute Gasteiger partial charge is 0.496 e. The number of thiophene rings is 1. The van der Waals surface area contributed by atoms with Crippen molar-refractivity contribution in [3.8, 4) is 28.7 Å². The van der Waals surface area contributed by atoms with Gasteiger partial charge in [-0.3, -0.25) is 9.59 Å². The first-order valence-corrected chi connectivity index (χ1v) is 13.8. The number of nitrogens with one attached hydrogen (secondary N) is 2. The number of carbonyl (C=O) groups excluding carboxylic acids is 2. The molecule has 0 bridgehead atoms. The highest BCUT2D eigenvalue weighted by Crippen LogP contribution is 2.36. The van der Waals surface area contributed by atoms with Crippen molar-refractivity contribution in [1.29, 1.82) is 5.26 Å². The third-order valence-electron chi connectivity index (χ3n) is 5.93. The van der Waals surface area contributed by atoms with Gasteiger partial charge in [-0.25, -0.2) is 0 Å². The monoisotopic (exact) mass is 557 g/mol. The Morgan fingerprint density at radius 3 is 2.28 bits per heavy atom. The molecule has 1 aromatic heterocycles. The van der Waals surface area contributed by atoms with E-state index in [9.17, 15) is 14.9 Å². The highest BCUT2D eigenvalue weighted by atomic mass is 32.2. The lowest BCUT2D eigenvalue weighted by Crippen LogP contribution is -2.22. The van der Waals surface area contributed by atoms with Gasteiger partial charge in [0.15, 0.2) is 0 Å². The molecule has 0 radical (unpaired) electrons. The maximum atomic E-state index is 13.0. The minimum atomic E-state index is -0.457. The number of nitriles is 1. The van der Waals surface area contributed by atoms with E-state index in [-0.39, 0.29) is 11.8 Å². The van der Waals surface area contributed by atoms with E-state index in [4.69, 9.17) is 9.47 Å². The molecule has 1 heterocycles. The second-order valence-electron chi connectivity index (χ2n) is 8.60. The molecular weight excluding hydrogens is 530 g/mol. The summed E-state index contributed by atoms with van der Waals surface area (Å²) in [5, 5.41) is 17.5. The summed E-state index contributed by atoms with van der Waals surface area (Å²) >= 11 is 2.68. The van der Waals surface area contributed by atoms with Gasteiger partial charge in [-0.15, -0.1) is 23.1 Å². The van der Waals surface area contributed by atoms with Gasteiger partial charge in [-0.05, 0) is 49.7 Å². The van der Waals surface area contributed by atoms with E-state index < -0.39 is 5.25 Å². The number of nitrogens with zero attached hydrogens (tertiary/aromatic N) is 1. The average molecular weight is 558 g/mol. The fourth-order valence-electron chi connectivity index (χ4n) is 3.89. The van der Waals surface area contributed by atoms with Gasteiger partial charge in [0.05, 0.1) is 25.0 Å². The minimum Gasteiger partial charge on any atom is -0.496 e. The summed E-state index contributed by atoms with van der Waals surface area (Å²) in [6.07, 6.45) is 0. The molecule has 39 heavy (non-hydrogen) atoms. The quantitative estimate of drug-likeness (QED) is 0.215. The Labute approximate surface area is 235 Å². The van der Waals surface area contributed by atoms with E-state index in [1.165, 1.54) is 37.3 Å². The molecule has 0 aliphatic heterocycles. The summed E-state index contributed by atoms with van der Waals surface area (Å²) in [7, 11) is 2.99. The second-order valence-corrected chi connectivity index (χ2v) is 10.9. The van der Waals surface area contributed by atoms with Crippen LogP contribution in [0.4, 0.5) is 10.7 Å². The van der Waals surface area contributed by atoms with Gasteiger partial charge in [0, 0.05) is 21.5 Å².